The minimum Gasteiger partial charge on any atom is -0.480 e. The van der Waals surface area contributed by atoms with Crippen molar-refractivity contribution in [3.8, 4) is 6.07 Å². The lowest BCUT2D eigenvalue weighted by Crippen LogP contribution is -2.13. The summed E-state index contributed by atoms with van der Waals surface area (Å²) < 4.78 is 14.5. The minimum atomic E-state index is -0.999. The van der Waals surface area contributed by atoms with Gasteiger partial charge in [-0.25, -0.2) is 4.39 Å². The molecule has 2 aromatic carbocycles. The summed E-state index contributed by atoms with van der Waals surface area (Å²) in [6.45, 7) is -0.238. The number of halogens is 1. The lowest BCUT2D eigenvalue weighted by Gasteiger charge is -2.03. The summed E-state index contributed by atoms with van der Waals surface area (Å²) in [5.41, 5.74) is 1.44. The van der Waals surface area contributed by atoms with E-state index >= 15 is 0 Å². The molecule has 7 heteroatoms. The summed E-state index contributed by atoms with van der Waals surface area (Å²) in [6.07, 6.45) is 2.99. The van der Waals surface area contributed by atoms with Gasteiger partial charge in [-0.05, 0) is 36.4 Å². The Bertz CT molecular complexity index is 1090. The predicted octanol–water partition coefficient (Wildman–Crippen LogP) is 3.41. The van der Waals surface area contributed by atoms with Crippen LogP contribution in [0.3, 0.4) is 0 Å². The van der Waals surface area contributed by atoms with E-state index < -0.39 is 17.7 Å². The van der Waals surface area contributed by atoms with Gasteiger partial charge in [0.1, 0.15) is 24.0 Å². The van der Waals surface area contributed by atoms with Crippen LogP contribution in [0.25, 0.3) is 17.0 Å². The van der Waals surface area contributed by atoms with Crippen molar-refractivity contribution in [2.75, 3.05) is 5.32 Å². The largest absolute Gasteiger partial charge is 0.480 e. The van der Waals surface area contributed by atoms with E-state index in [4.69, 9.17) is 5.11 Å². The van der Waals surface area contributed by atoms with Gasteiger partial charge in [0.25, 0.3) is 5.91 Å². The standard InChI is InChI=1S/C20H14FN3O3/c21-15-5-7-16(8-6-15)23-20(27)13(10-22)9-14-11-24(12-19(25)26)18-4-2-1-3-17(14)18/h1-9,11H,12H2,(H,23,27)(H,25,26). The molecule has 0 spiro atoms. The van der Waals surface area contributed by atoms with E-state index in [0.717, 1.165) is 5.39 Å². The molecule has 0 radical (unpaired) electrons. The van der Waals surface area contributed by atoms with Crippen molar-refractivity contribution in [3.05, 3.63) is 71.7 Å². The number of nitrogens with zero attached hydrogens (tertiary/aromatic N) is 2. The second-order valence-electron chi connectivity index (χ2n) is 5.75. The fourth-order valence-corrected chi connectivity index (χ4v) is 2.70. The van der Waals surface area contributed by atoms with E-state index in [0.29, 0.717) is 16.8 Å². The Balaban J connectivity index is 1.95. The van der Waals surface area contributed by atoms with Gasteiger partial charge in [-0.15, -0.1) is 0 Å². The van der Waals surface area contributed by atoms with Crippen molar-refractivity contribution in [1.29, 1.82) is 5.26 Å². The molecule has 27 heavy (non-hydrogen) atoms. The van der Waals surface area contributed by atoms with Crippen molar-refractivity contribution in [2.45, 2.75) is 6.54 Å². The summed E-state index contributed by atoms with van der Waals surface area (Å²) in [5.74, 6) is -2.07. The third-order valence-corrected chi connectivity index (χ3v) is 3.89. The van der Waals surface area contributed by atoms with Gasteiger partial charge in [-0.2, -0.15) is 5.26 Å². The number of amides is 1. The Morgan fingerprint density at radius 1 is 1.19 bits per heavy atom. The molecule has 3 rings (SSSR count). The van der Waals surface area contributed by atoms with E-state index in [-0.39, 0.29) is 12.1 Å². The number of aromatic nitrogens is 1. The van der Waals surface area contributed by atoms with Gasteiger partial charge in [0.2, 0.25) is 0 Å². The van der Waals surface area contributed by atoms with E-state index in [1.165, 1.54) is 34.9 Å². The molecule has 1 heterocycles. The fourth-order valence-electron chi connectivity index (χ4n) is 2.70. The van der Waals surface area contributed by atoms with Crippen LogP contribution in [-0.4, -0.2) is 21.6 Å². The van der Waals surface area contributed by atoms with Crippen LogP contribution >= 0.6 is 0 Å². The highest BCUT2D eigenvalue weighted by Crippen LogP contribution is 2.24. The normalized spacial score (nSPS) is 11.2. The number of hydrogen-bond acceptors (Lipinski definition) is 3. The zero-order valence-electron chi connectivity index (χ0n) is 14.0. The number of para-hydroxylation sites is 1. The summed E-state index contributed by atoms with van der Waals surface area (Å²) in [6, 6.07) is 14.1. The fraction of sp³-hybridized carbons (Fsp3) is 0.0500. The van der Waals surface area contributed by atoms with Gasteiger partial charge in [0, 0.05) is 28.4 Å². The first kappa shape index (κ1) is 17.9. The number of anilines is 1. The second kappa shape index (κ2) is 7.54. The van der Waals surface area contributed by atoms with Crippen LogP contribution in [0.1, 0.15) is 5.56 Å². The SMILES string of the molecule is N#CC(=Cc1cn(CC(=O)O)c2ccccc12)C(=O)Nc1ccc(F)cc1. The molecular weight excluding hydrogens is 349 g/mol. The van der Waals surface area contributed by atoms with E-state index in [1.807, 2.05) is 6.07 Å². The third-order valence-electron chi connectivity index (χ3n) is 3.89. The van der Waals surface area contributed by atoms with Gasteiger partial charge >= 0.3 is 5.97 Å². The molecule has 134 valence electrons. The number of carbonyl (C=O) groups is 2. The molecule has 0 fully saturated rings. The first-order chi connectivity index (χ1) is 13.0. The number of nitriles is 1. The number of rotatable bonds is 5. The van der Waals surface area contributed by atoms with Crippen molar-refractivity contribution < 1.29 is 19.1 Å². The summed E-state index contributed by atoms with van der Waals surface area (Å²) in [5, 5.41) is 21.7. The van der Waals surface area contributed by atoms with Crippen molar-refractivity contribution in [2.24, 2.45) is 0 Å². The predicted molar refractivity (Wildman–Crippen MR) is 98.2 cm³/mol. The Morgan fingerprint density at radius 3 is 2.56 bits per heavy atom. The van der Waals surface area contributed by atoms with Gasteiger partial charge < -0.3 is 15.0 Å². The van der Waals surface area contributed by atoms with Gasteiger partial charge in [-0.1, -0.05) is 18.2 Å². The minimum absolute atomic E-state index is 0.155. The molecule has 1 amide bonds. The quantitative estimate of drug-likeness (QED) is 0.536. The number of benzene rings is 2. The Hall–Kier alpha value is -3.92. The number of carboxylic acid groups (broad SMARTS) is 1. The number of aliphatic carboxylic acids is 1. The smallest absolute Gasteiger partial charge is 0.323 e. The molecular formula is C20H14FN3O3. The number of carbonyl (C=O) groups excluding carboxylic acids is 1. The molecule has 1 aromatic heterocycles. The molecule has 0 saturated carbocycles. The van der Waals surface area contributed by atoms with Crippen molar-refractivity contribution >= 4 is 34.5 Å². The monoisotopic (exact) mass is 363 g/mol. The maximum absolute atomic E-state index is 13.0. The zero-order valence-corrected chi connectivity index (χ0v) is 14.0. The molecule has 0 aliphatic rings. The number of hydrogen-bond donors (Lipinski definition) is 2. The van der Waals surface area contributed by atoms with Gasteiger partial charge in [0.05, 0.1) is 0 Å². The topological polar surface area (TPSA) is 95.1 Å². The Kier molecular flexibility index (Phi) is 4.99. The molecule has 0 atom stereocenters. The first-order valence-corrected chi connectivity index (χ1v) is 7.96. The third kappa shape index (κ3) is 4.02. The molecule has 6 nitrogen and oxygen atoms in total. The molecule has 0 unspecified atom stereocenters. The average Bonchev–Trinajstić information content (AvgIpc) is 2.98. The summed E-state index contributed by atoms with van der Waals surface area (Å²) >= 11 is 0. The zero-order chi connectivity index (χ0) is 19.4. The van der Waals surface area contributed by atoms with E-state index in [2.05, 4.69) is 5.32 Å². The van der Waals surface area contributed by atoms with E-state index in [1.54, 1.807) is 30.5 Å². The molecule has 0 aliphatic carbocycles. The average molecular weight is 363 g/mol. The highest BCUT2D eigenvalue weighted by Gasteiger charge is 2.13. The first-order valence-electron chi connectivity index (χ1n) is 7.96. The maximum Gasteiger partial charge on any atom is 0.323 e. The van der Waals surface area contributed by atoms with Crippen LogP contribution in [0.4, 0.5) is 10.1 Å². The molecule has 0 aliphatic heterocycles. The lowest BCUT2D eigenvalue weighted by molar-refractivity contribution is -0.137. The highest BCUT2D eigenvalue weighted by atomic mass is 19.1. The summed E-state index contributed by atoms with van der Waals surface area (Å²) in [4.78, 5) is 23.4. The number of nitrogens with one attached hydrogen (secondary N) is 1. The molecule has 3 aromatic rings. The molecule has 0 bridgehead atoms. The van der Waals surface area contributed by atoms with Gasteiger partial charge in [0.15, 0.2) is 0 Å². The number of carboxylic acids is 1. The molecule has 0 saturated heterocycles. The summed E-state index contributed by atoms with van der Waals surface area (Å²) in [7, 11) is 0. The van der Waals surface area contributed by atoms with Crippen LogP contribution in [0.5, 0.6) is 0 Å². The van der Waals surface area contributed by atoms with Crippen LogP contribution in [0, 0.1) is 17.1 Å². The highest BCUT2D eigenvalue weighted by molar-refractivity contribution is 6.10. The van der Waals surface area contributed by atoms with Gasteiger partial charge in [-0.3, -0.25) is 9.59 Å². The second-order valence-corrected chi connectivity index (χ2v) is 5.75. The van der Waals surface area contributed by atoms with Crippen LogP contribution in [0.15, 0.2) is 60.3 Å². The van der Waals surface area contributed by atoms with E-state index in [9.17, 15) is 19.2 Å². The molecule has 2 N–H and O–H groups in total. The maximum atomic E-state index is 13.0. The van der Waals surface area contributed by atoms with Crippen molar-refractivity contribution in [1.82, 2.24) is 4.57 Å². The van der Waals surface area contributed by atoms with Crippen LogP contribution < -0.4 is 5.32 Å². The van der Waals surface area contributed by atoms with Crippen molar-refractivity contribution in [3.63, 3.8) is 0 Å². The Morgan fingerprint density at radius 2 is 1.89 bits per heavy atom. The van der Waals surface area contributed by atoms with Crippen LogP contribution in [-0.2, 0) is 16.1 Å². The number of fused-ring (bicyclic) bond motifs is 1. The Labute approximate surface area is 153 Å². The lowest BCUT2D eigenvalue weighted by atomic mass is 10.1. The van der Waals surface area contributed by atoms with Crippen LogP contribution in [0.2, 0.25) is 0 Å².